The molecule has 0 aliphatic carbocycles. The minimum Gasteiger partial charge on any atom is -0.450 e. The minimum absolute atomic E-state index is 0.110. The Morgan fingerprint density at radius 2 is 2.11 bits per heavy atom. The highest BCUT2D eigenvalue weighted by molar-refractivity contribution is 7.16. The van der Waals surface area contributed by atoms with E-state index in [1.807, 2.05) is 37.3 Å². The van der Waals surface area contributed by atoms with E-state index in [4.69, 9.17) is 4.74 Å². The number of amides is 2. The van der Waals surface area contributed by atoms with Crippen molar-refractivity contribution >= 4 is 28.3 Å². The Bertz CT molecular complexity index is 902. The summed E-state index contributed by atoms with van der Waals surface area (Å²) >= 11 is 1.37. The van der Waals surface area contributed by atoms with Crippen LogP contribution in [0.3, 0.4) is 0 Å². The molecule has 3 rings (SSSR count). The molecule has 0 spiro atoms. The zero-order valence-electron chi connectivity index (χ0n) is 16.0. The third kappa shape index (κ3) is 4.34. The Morgan fingerprint density at radius 1 is 1.36 bits per heavy atom. The van der Waals surface area contributed by atoms with Crippen molar-refractivity contribution in [1.29, 1.82) is 5.26 Å². The van der Waals surface area contributed by atoms with Crippen LogP contribution < -0.4 is 5.32 Å². The third-order valence-electron chi connectivity index (χ3n) is 4.76. The molecule has 2 amide bonds. The van der Waals surface area contributed by atoms with Crippen molar-refractivity contribution < 1.29 is 14.3 Å². The lowest BCUT2D eigenvalue weighted by atomic mass is 10.00. The highest BCUT2D eigenvalue weighted by atomic mass is 32.1. The van der Waals surface area contributed by atoms with Crippen LogP contribution in [0.15, 0.2) is 30.3 Å². The lowest BCUT2D eigenvalue weighted by Gasteiger charge is -2.25. The first-order valence-electron chi connectivity index (χ1n) is 9.34. The number of hydrogen-bond acceptors (Lipinski definition) is 5. The van der Waals surface area contributed by atoms with Gasteiger partial charge in [-0.25, -0.2) is 4.79 Å². The summed E-state index contributed by atoms with van der Waals surface area (Å²) in [5.41, 5.74) is 2.55. The van der Waals surface area contributed by atoms with E-state index in [2.05, 4.69) is 11.4 Å². The number of carbonyl (C=O) groups is 2. The summed E-state index contributed by atoms with van der Waals surface area (Å²) < 4.78 is 5.07. The Hall–Kier alpha value is -2.85. The van der Waals surface area contributed by atoms with Gasteiger partial charge in [-0.1, -0.05) is 37.3 Å². The second-order valence-electron chi connectivity index (χ2n) is 6.77. The smallest absolute Gasteiger partial charge is 0.410 e. The number of benzene rings is 1. The van der Waals surface area contributed by atoms with E-state index in [0.717, 1.165) is 16.0 Å². The SMILES string of the molecule is CCOC(=O)N1CCc2c(sc(NC(=O)C(C)Cc3ccccc3)c2C#N)C1. The normalized spacial score (nSPS) is 14.0. The van der Waals surface area contributed by atoms with Crippen LogP contribution in [0, 0.1) is 17.2 Å². The molecule has 1 aliphatic heterocycles. The van der Waals surface area contributed by atoms with E-state index in [1.54, 1.807) is 11.8 Å². The molecule has 0 fully saturated rings. The Kier molecular flexibility index (Phi) is 6.32. The van der Waals surface area contributed by atoms with E-state index < -0.39 is 0 Å². The highest BCUT2D eigenvalue weighted by Gasteiger charge is 2.28. The first-order chi connectivity index (χ1) is 13.5. The molecule has 1 aliphatic rings. The molecular formula is C21H23N3O3S. The number of hydrogen-bond donors (Lipinski definition) is 1. The van der Waals surface area contributed by atoms with Gasteiger partial charge in [0.1, 0.15) is 11.1 Å². The van der Waals surface area contributed by atoms with Crippen LogP contribution in [-0.2, 0) is 28.9 Å². The number of fused-ring (bicyclic) bond motifs is 1. The molecular weight excluding hydrogens is 374 g/mol. The lowest BCUT2D eigenvalue weighted by molar-refractivity contribution is -0.119. The van der Waals surface area contributed by atoms with Crippen LogP contribution in [0.25, 0.3) is 0 Å². The maximum atomic E-state index is 12.7. The maximum absolute atomic E-state index is 12.7. The number of anilines is 1. The van der Waals surface area contributed by atoms with Gasteiger partial charge in [0.2, 0.25) is 5.91 Å². The van der Waals surface area contributed by atoms with Gasteiger partial charge in [-0.05, 0) is 30.9 Å². The molecule has 0 saturated heterocycles. The van der Waals surface area contributed by atoms with E-state index >= 15 is 0 Å². The van der Waals surface area contributed by atoms with E-state index in [1.165, 1.54) is 11.3 Å². The Balaban J connectivity index is 1.72. The maximum Gasteiger partial charge on any atom is 0.410 e. The van der Waals surface area contributed by atoms with Gasteiger partial charge in [0.25, 0.3) is 0 Å². The van der Waals surface area contributed by atoms with Crippen molar-refractivity contribution in [2.75, 3.05) is 18.5 Å². The zero-order chi connectivity index (χ0) is 20.1. The molecule has 6 nitrogen and oxygen atoms in total. The average molecular weight is 398 g/mol. The van der Waals surface area contributed by atoms with Crippen molar-refractivity contribution in [3.05, 3.63) is 51.9 Å². The molecule has 146 valence electrons. The standard InChI is InChI=1S/C21H23N3O3S/c1-3-27-21(26)24-10-9-16-17(12-22)20(28-18(16)13-24)23-19(25)14(2)11-15-7-5-4-6-8-15/h4-8,14H,3,9-11,13H2,1-2H3,(H,23,25). The number of ether oxygens (including phenoxy) is 1. The predicted octanol–water partition coefficient (Wildman–Crippen LogP) is 3.95. The van der Waals surface area contributed by atoms with Gasteiger partial charge >= 0.3 is 6.09 Å². The van der Waals surface area contributed by atoms with Crippen LogP contribution in [-0.4, -0.2) is 30.1 Å². The van der Waals surface area contributed by atoms with E-state index in [-0.39, 0.29) is 17.9 Å². The van der Waals surface area contributed by atoms with Crippen LogP contribution >= 0.6 is 11.3 Å². The van der Waals surface area contributed by atoms with Gasteiger partial charge in [-0.2, -0.15) is 5.26 Å². The van der Waals surface area contributed by atoms with Gasteiger partial charge in [-0.3, -0.25) is 4.79 Å². The number of nitriles is 1. The molecule has 2 heterocycles. The molecule has 1 aromatic heterocycles. The van der Waals surface area contributed by atoms with Crippen molar-refractivity contribution in [3.8, 4) is 6.07 Å². The molecule has 7 heteroatoms. The monoisotopic (exact) mass is 397 g/mol. The van der Waals surface area contributed by atoms with Crippen LogP contribution in [0.4, 0.5) is 9.80 Å². The first-order valence-corrected chi connectivity index (χ1v) is 10.2. The van der Waals surface area contributed by atoms with E-state index in [0.29, 0.717) is 43.1 Å². The summed E-state index contributed by atoms with van der Waals surface area (Å²) in [6.07, 6.45) is 0.876. The minimum atomic E-state index is -0.345. The molecule has 1 atom stereocenters. The van der Waals surface area contributed by atoms with Gasteiger partial charge < -0.3 is 15.0 Å². The summed E-state index contributed by atoms with van der Waals surface area (Å²) in [5.74, 6) is -0.328. The number of rotatable bonds is 5. The second kappa shape index (κ2) is 8.89. The summed E-state index contributed by atoms with van der Waals surface area (Å²) in [7, 11) is 0. The number of nitrogens with one attached hydrogen (secondary N) is 1. The molecule has 0 radical (unpaired) electrons. The van der Waals surface area contributed by atoms with Gasteiger partial charge in [0.05, 0.1) is 18.7 Å². The molecule has 2 aromatic rings. The van der Waals surface area contributed by atoms with Crippen molar-refractivity contribution in [3.63, 3.8) is 0 Å². The predicted molar refractivity (Wildman–Crippen MR) is 108 cm³/mol. The quantitative estimate of drug-likeness (QED) is 0.828. The summed E-state index contributed by atoms with van der Waals surface area (Å²) in [6, 6.07) is 12.1. The molecule has 1 N–H and O–H groups in total. The second-order valence-corrected chi connectivity index (χ2v) is 7.88. The van der Waals surface area contributed by atoms with Gasteiger partial charge in [-0.15, -0.1) is 11.3 Å². The van der Waals surface area contributed by atoms with Crippen molar-refractivity contribution in [2.24, 2.45) is 5.92 Å². The Labute approximate surface area is 168 Å². The number of thiophene rings is 1. The molecule has 28 heavy (non-hydrogen) atoms. The zero-order valence-corrected chi connectivity index (χ0v) is 16.8. The van der Waals surface area contributed by atoms with Gasteiger partial charge in [0, 0.05) is 17.3 Å². The molecule has 1 aromatic carbocycles. The molecule has 0 bridgehead atoms. The fourth-order valence-corrected chi connectivity index (χ4v) is 4.49. The topological polar surface area (TPSA) is 82.4 Å². The average Bonchev–Trinajstić information content (AvgIpc) is 3.04. The van der Waals surface area contributed by atoms with Crippen LogP contribution in [0.1, 0.15) is 35.4 Å². The molecule has 0 saturated carbocycles. The summed E-state index contributed by atoms with van der Waals surface area (Å²) in [4.78, 5) is 27.2. The van der Waals surface area contributed by atoms with Gasteiger partial charge in [0.15, 0.2) is 0 Å². The first kappa shape index (κ1) is 19.9. The fraction of sp³-hybridized carbons (Fsp3) is 0.381. The highest BCUT2D eigenvalue weighted by Crippen LogP contribution is 2.37. The Morgan fingerprint density at radius 3 is 2.79 bits per heavy atom. The van der Waals surface area contributed by atoms with Crippen molar-refractivity contribution in [2.45, 2.75) is 33.2 Å². The van der Waals surface area contributed by atoms with Crippen LogP contribution in [0.2, 0.25) is 0 Å². The third-order valence-corrected chi connectivity index (χ3v) is 5.90. The number of carbonyl (C=O) groups excluding carboxylic acids is 2. The van der Waals surface area contributed by atoms with Crippen LogP contribution in [0.5, 0.6) is 0 Å². The summed E-state index contributed by atoms with van der Waals surface area (Å²) in [5, 5.41) is 13.1. The largest absolute Gasteiger partial charge is 0.450 e. The molecule has 1 unspecified atom stereocenters. The van der Waals surface area contributed by atoms with E-state index in [9.17, 15) is 14.9 Å². The number of nitrogens with zero attached hydrogens (tertiary/aromatic N) is 2. The fourth-order valence-electron chi connectivity index (χ4n) is 3.28. The van der Waals surface area contributed by atoms with Crippen molar-refractivity contribution in [1.82, 2.24) is 4.90 Å². The lowest BCUT2D eigenvalue weighted by Crippen LogP contribution is -2.35. The summed E-state index contributed by atoms with van der Waals surface area (Å²) in [6.45, 7) is 4.90.